The van der Waals surface area contributed by atoms with Crippen LogP contribution in [0.4, 0.5) is 0 Å². The van der Waals surface area contributed by atoms with Crippen LogP contribution < -0.4 is 10.2 Å². The highest BCUT2D eigenvalue weighted by Crippen LogP contribution is 1.47. The van der Waals surface area contributed by atoms with E-state index in [9.17, 15) is 0 Å². The second-order valence-electron chi connectivity index (χ2n) is 1.05. The molecule has 0 saturated heterocycles. The molecule has 5 heteroatoms. The topological polar surface area (TPSA) is 80.3 Å². The van der Waals surface area contributed by atoms with E-state index in [1.54, 1.807) is 0 Å². The van der Waals surface area contributed by atoms with Crippen LogP contribution in [0.5, 0.6) is 0 Å². The van der Waals surface area contributed by atoms with Crippen LogP contribution in [0.1, 0.15) is 0 Å². The minimum atomic E-state index is -1.23. The fourth-order valence-electron chi connectivity index (χ4n) is 0. The summed E-state index contributed by atoms with van der Waals surface area (Å²) >= 11 is 0. The van der Waals surface area contributed by atoms with Gasteiger partial charge in [-0.2, -0.15) is 0 Å². The minimum Gasteiger partial charge on any atom is -0.545 e. The Balaban J connectivity index is -0.000000107. The molecular weight excluding hydrogens is 168 g/mol. The summed E-state index contributed by atoms with van der Waals surface area (Å²) in [4.78, 5) is 18.3. The number of hydrogen-bond donors (Lipinski definition) is 0. The van der Waals surface area contributed by atoms with E-state index in [0.717, 1.165) is 12.2 Å². The Morgan fingerprint density at radius 3 is 1.09 bits per heavy atom. The lowest BCUT2D eigenvalue weighted by molar-refractivity contribution is -0.298. The molecule has 0 bridgehead atoms. The first-order valence-corrected chi connectivity index (χ1v) is 2.21. The largest absolute Gasteiger partial charge is 2.00 e. The van der Waals surface area contributed by atoms with E-state index in [1.807, 2.05) is 0 Å². The van der Waals surface area contributed by atoms with Crippen molar-refractivity contribution in [2.45, 2.75) is 0 Å². The molecule has 0 aromatic rings. The van der Waals surface area contributed by atoms with Gasteiger partial charge < -0.3 is 19.8 Å². The van der Waals surface area contributed by atoms with Gasteiger partial charge in [0.05, 0.1) is 11.9 Å². The van der Waals surface area contributed by atoms with Crippen molar-refractivity contribution in [2.75, 3.05) is 0 Å². The van der Waals surface area contributed by atoms with Gasteiger partial charge in [0.2, 0.25) is 0 Å². The summed E-state index contributed by atoms with van der Waals surface area (Å²) in [6, 6.07) is 0. The Morgan fingerprint density at radius 2 is 1.09 bits per heavy atom. The number of carboxylic acid groups (broad SMARTS) is 2. The Kier molecular flexibility index (Phi) is 17.2. The third-order valence-corrected chi connectivity index (χ3v) is 0.333. The summed E-state index contributed by atoms with van der Waals surface area (Å²) in [7, 11) is 0. The van der Waals surface area contributed by atoms with Crippen molar-refractivity contribution in [1.29, 1.82) is 0 Å². The number of carbonyl (C=O) groups excluding carboxylic acids is 2. The SMILES string of the molecule is C=CC(=O)[O-].C=CC(=O)[O-].[S+2]. The maximum atomic E-state index is 9.14. The van der Waals surface area contributed by atoms with Crippen LogP contribution in [-0.4, -0.2) is 11.9 Å². The average molecular weight is 174 g/mol. The molecule has 0 fully saturated rings. The number of aliphatic carboxylic acids is 2. The van der Waals surface area contributed by atoms with Crippen LogP contribution >= 0.6 is 0 Å². The number of carbonyl (C=O) groups is 2. The second-order valence-corrected chi connectivity index (χ2v) is 1.05. The summed E-state index contributed by atoms with van der Waals surface area (Å²) in [5.41, 5.74) is 0. The first-order chi connectivity index (χ1) is 4.54. The molecule has 4 radical (unpaired) electrons. The minimum absolute atomic E-state index is 0. The van der Waals surface area contributed by atoms with Crippen molar-refractivity contribution < 1.29 is 19.8 Å². The molecule has 11 heavy (non-hydrogen) atoms. The van der Waals surface area contributed by atoms with Crippen molar-refractivity contribution >= 4 is 25.4 Å². The van der Waals surface area contributed by atoms with Crippen LogP contribution in [0, 0.1) is 0 Å². The van der Waals surface area contributed by atoms with E-state index in [2.05, 4.69) is 13.2 Å². The number of rotatable bonds is 2. The lowest BCUT2D eigenvalue weighted by Gasteiger charge is -1.81. The number of carboxylic acids is 2. The molecule has 0 aliphatic heterocycles. The van der Waals surface area contributed by atoms with E-state index in [-0.39, 0.29) is 13.5 Å². The smallest absolute Gasteiger partial charge is 0.545 e. The lowest BCUT2D eigenvalue weighted by Crippen LogP contribution is -2.17. The zero-order valence-electron chi connectivity index (χ0n) is 5.61. The predicted molar refractivity (Wildman–Crippen MR) is 37.8 cm³/mol. The third-order valence-electron chi connectivity index (χ3n) is 0.333. The second kappa shape index (κ2) is 11.6. The molecule has 60 valence electrons. The van der Waals surface area contributed by atoms with Crippen LogP contribution in [0.15, 0.2) is 25.3 Å². The Hall–Kier alpha value is -1.23. The molecule has 0 saturated carbocycles. The van der Waals surface area contributed by atoms with Gasteiger partial charge in [-0.1, -0.05) is 13.2 Å². The molecule has 0 atom stereocenters. The highest BCUT2D eigenvalue weighted by molar-refractivity contribution is 7.37. The van der Waals surface area contributed by atoms with Crippen LogP contribution in [-0.2, 0) is 23.1 Å². The van der Waals surface area contributed by atoms with Gasteiger partial charge in [0, 0.05) is 0 Å². The molecule has 0 unspecified atom stereocenters. The Labute approximate surface area is 71.3 Å². The normalized spacial score (nSPS) is 5.82. The van der Waals surface area contributed by atoms with E-state index in [1.165, 1.54) is 0 Å². The van der Waals surface area contributed by atoms with Gasteiger partial charge >= 0.3 is 13.5 Å². The molecule has 0 aliphatic carbocycles. The highest BCUT2D eigenvalue weighted by atomic mass is 32.1. The Bertz CT molecular complexity index is 135. The first kappa shape index (κ1) is 16.4. The number of hydrogen-bond acceptors (Lipinski definition) is 4. The molecule has 0 rings (SSSR count). The fraction of sp³-hybridized carbons (Fsp3) is 0. The quantitative estimate of drug-likeness (QED) is 0.447. The van der Waals surface area contributed by atoms with Gasteiger partial charge in [0.1, 0.15) is 0 Å². The van der Waals surface area contributed by atoms with E-state index in [4.69, 9.17) is 19.8 Å². The van der Waals surface area contributed by atoms with Crippen LogP contribution in [0.3, 0.4) is 0 Å². The van der Waals surface area contributed by atoms with Gasteiger partial charge in [0.25, 0.3) is 0 Å². The zero-order valence-corrected chi connectivity index (χ0v) is 6.43. The first-order valence-electron chi connectivity index (χ1n) is 2.21. The molecule has 0 aromatic heterocycles. The van der Waals surface area contributed by atoms with E-state index >= 15 is 0 Å². The van der Waals surface area contributed by atoms with Gasteiger partial charge in [-0.3, -0.25) is 0 Å². The molecule has 0 amide bonds. The van der Waals surface area contributed by atoms with Crippen molar-refractivity contribution in [1.82, 2.24) is 0 Å². The molecule has 0 spiro atoms. The van der Waals surface area contributed by atoms with Crippen molar-refractivity contribution in [3.63, 3.8) is 0 Å². The summed E-state index contributed by atoms with van der Waals surface area (Å²) < 4.78 is 0. The predicted octanol–water partition coefficient (Wildman–Crippen LogP) is -2.16. The third kappa shape index (κ3) is 52.4. The lowest BCUT2D eigenvalue weighted by atomic mass is 10.7. The average Bonchev–Trinajstić information content (AvgIpc) is 1.89. The van der Waals surface area contributed by atoms with Gasteiger partial charge in [0.15, 0.2) is 0 Å². The molecular formula is C6H6O4S. The summed E-state index contributed by atoms with van der Waals surface area (Å²) in [6.07, 6.45) is 1.44. The summed E-state index contributed by atoms with van der Waals surface area (Å²) in [5, 5.41) is 18.3. The van der Waals surface area contributed by atoms with Crippen molar-refractivity contribution in [2.24, 2.45) is 0 Å². The van der Waals surface area contributed by atoms with Crippen LogP contribution in [0.2, 0.25) is 0 Å². The fourth-order valence-corrected chi connectivity index (χ4v) is 0. The van der Waals surface area contributed by atoms with Gasteiger partial charge in [-0.25, -0.2) is 0 Å². The van der Waals surface area contributed by atoms with Gasteiger partial charge in [-0.15, -0.1) is 0 Å². The molecule has 0 N–H and O–H groups in total. The standard InChI is InChI=1S/2C3H4O2.S/c2*1-2-3(4)5;/h2*2H,1H2,(H,4,5);/q;;+2/p-2. The maximum absolute atomic E-state index is 9.14. The van der Waals surface area contributed by atoms with Crippen molar-refractivity contribution in [3.8, 4) is 0 Å². The molecule has 0 aliphatic rings. The monoisotopic (exact) mass is 174 g/mol. The Morgan fingerprint density at radius 1 is 1.00 bits per heavy atom. The van der Waals surface area contributed by atoms with E-state index in [0.29, 0.717) is 0 Å². The molecule has 4 nitrogen and oxygen atoms in total. The molecule has 0 heterocycles. The highest BCUT2D eigenvalue weighted by Gasteiger charge is 2.00. The van der Waals surface area contributed by atoms with E-state index < -0.39 is 11.9 Å². The summed E-state index contributed by atoms with van der Waals surface area (Å²) in [5.74, 6) is -2.46. The zero-order chi connectivity index (χ0) is 8.57. The van der Waals surface area contributed by atoms with Crippen molar-refractivity contribution in [3.05, 3.63) is 25.3 Å². The molecule has 0 aromatic carbocycles. The van der Waals surface area contributed by atoms with Crippen LogP contribution in [0.25, 0.3) is 0 Å². The summed E-state index contributed by atoms with van der Waals surface area (Å²) in [6.45, 7) is 5.80. The maximum Gasteiger partial charge on any atom is 2.00 e. The van der Waals surface area contributed by atoms with Gasteiger partial charge in [-0.05, 0) is 12.2 Å².